The van der Waals surface area contributed by atoms with Crippen LogP contribution in [0.25, 0.3) is 0 Å². The van der Waals surface area contributed by atoms with Crippen LogP contribution >= 0.6 is 0 Å². The summed E-state index contributed by atoms with van der Waals surface area (Å²) < 4.78 is 2.02. The minimum absolute atomic E-state index is 1.04. The fraction of sp³-hybridized carbons (Fsp3) is 0.727. The second-order valence-electron chi connectivity index (χ2n) is 4.09. The lowest BCUT2D eigenvalue weighted by atomic mass is 10.3. The van der Waals surface area contributed by atoms with Crippen molar-refractivity contribution in [3.63, 3.8) is 0 Å². The fourth-order valence-electron chi connectivity index (χ4n) is 2.06. The lowest BCUT2D eigenvalue weighted by Crippen LogP contribution is -2.20. The molecule has 1 aromatic heterocycles. The molecule has 1 aromatic rings. The summed E-state index contributed by atoms with van der Waals surface area (Å²) in [5.74, 6) is 0. The number of hydrogen-bond donors (Lipinski definition) is 0. The molecular weight excluding hydrogens is 174 g/mol. The number of rotatable bonds is 3. The molecule has 2 rings (SSSR count). The van der Waals surface area contributed by atoms with Crippen molar-refractivity contribution in [1.29, 1.82) is 0 Å². The Morgan fingerprint density at radius 3 is 2.64 bits per heavy atom. The van der Waals surface area contributed by atoms with Crippen LogP contribution in [0.5, 0.6) is 0 Å². The lowest BCUT2D eigenvalue weighted by Gasteiger charge is -2.13. The monoisotopic (exact) mass is 193 g/mol. The van der Waals surface area contributed by atoms with E-state index in [2.05, 4.69) is 23.0 Å². The summed E-state index contributed by atoms with van der Waals surface area (Å²) in [5, 5.41) is 4.46. The highest BCUT2D eigenvalue weighted by Crippen LogP contribution is 2.13. The van der Waals surface area contributed by atoms with Gasteiger partial charge in [-0.15, -0.1) is 0 Å². The minimum atomic E-state index is 1.04. The van der Waals surface area contributed by atoms with Crippen LogP contribution in [-0.4, -0.2) is 27.8 Å². The zero-order valence-electron chi connectivity index (χ0n) is 9.16. The summed E-state index contributed by atoms with van der Waals surface area (Å²) in [7, 11) is 2.05. The van der Waals surface area contributed by atoms with Crippen molar-refractivity contribution in [2.75, 3.05) is 13.1 Å². The lowest BCUT2D eigenvalue weighted by molar-refractivity contribution is 0.321. The molecule has 0 atom stereocenters. The molecule has 0 spiro atoms. The largest absolute Gasteiger partial charge is 0.298 e. The van der Waals surface area contributed by atoms with Crippen molar-refractivity contribution >= 4 is 0 Å². The van der Waals surface area contributed by atoms with Crippen molar-refractivity contribution in [1.82, 2.24) is 14.7 Å². The van der Waals surface area contributed by atoms with Gasteiger partial charge >= 0.3 is 0 Å². The van der Waals surface area contributed by atoms with Crippen LogP contribution in [0, 0.1) is 0 Å². The second kappa shape index (κ2) is 4.13. The quantitative estimate of drug-likeness (QED) is 0.726. The van der Waals surface area contributed by atoms with Crippen molar-refractivity contribution in [2.45, 2.75) is 32.7 Å². The first-order valence-electron chi connectivity index (χ1n) is 5.53. The van der Waals surface area contributed by atoms with Gasteiger partial charge in [0.05, 0.1) is 11.4 Å². The average molecular weight is 193 g/mol. The van der Waals surface area contributed by atoms with Gasteiger partial charge in [-0.3, -0.25) is 9.58 Å². The molecule has 0 aliphatic carbocycles. The molecule has 3 nitrogen and oxygen atoms in total. The summed E-state index contributed by atoms with van der Waals surface area (Å²) in [5.41, 5.74) is 2.56. The molecular formula is C11H19N3. The van der Waals surface area contributed by atoms with Crippen LogP contribution in [0.4, 0.5) is 0 Å². The Balaban J connectivity index is 2.03. The molecule has 78 valence electrons. The predicted molar refractivity (Wildman–Crippen MR) is 57.1 cm³/mol. The van der Waals surface area contributed by atoms with E-state index in [-0.39, 0.29) is 0 Å². The zero-order valence-corrected chi connectivity index (χ0v) is 9.16. The summed E-state index contributed by atoms with van der Waals surface area (Å²) in [6, 6.07) is 2.23. The van der Waals surface area contributed by atoms with E-state index in [4.69, 9.17) is 0 Å². The Morgan fingerprint density at radius 1 is 1.36 bits per heavy atom. The van der Waals surface area contributed by atoms with Gasteiger partial charge in [0.2, 0.25) is 0 Å². The van der Waals surface area contributed by atoms with Gasteiger partial charge in [-0.2, -0.15) is 5.10 Å². The van der Waals surface area contributed by atoms with Gasteiger partial charge in [0.25, 0.3) is 0 Å². The van der Waals surface area contributed by atoms with E-state index < -0.39 is 0 Å². The molecule has 0 bridgehead atoms. The minimum Gasteiger partial charge on any atom is -0.298 e. The maximum Gasteiger partial charge on any atom is 0.0625 e. The van der Waals surface area contributed by atoms with Crippen molar-refractivity contribution in [3.8, 4) is 0 Å². The smallest absolute Gasteiger partial charge is 0.0625 e. The van der Waals surface area contributed by atoms with Crippen LogP contribution < -0.4 is 0 Å². The van der Waals surface area contributed by atoms with E-state index in [0.717, 1.165) is 13.0 Å². The summed E-state index contributed by atoms with van der Waals surface area (Å²) >= 11 is 0. The van der Waals surface area contributed by atoms with E-state index in [1.807, 2.05) is 11.7 Å². The third-order valence-corrected chi connectivity index (χ3v) is 2.97. The molecule has 1 saturated heterocycles. The highest BCUT2D eigenvalue weighted by atomic mass is 15.3. The Labute approximate surface area is 85.7 Å². The average Bonchev–Trinajstić information content (AvgIpc) is 2.78. The Morgan fingerprint density at radius 2 is 2.07 bits per heavy atom. The molecule has 0 unspecified atom stereocenters. The molecule has 0 N–H and O–H groups in total. The van der Waals surface area contributed by atoms with Crippen molar-refractivity contribution < 1.29 is 0 Å². The summed E-state index contributed by atoms with van der Waals surface area (Å²) in [6.07, 6.45) is 3.75. The third kappa shape index (κ3) is 1.98. The van der Waals surface area contributed by atoms with Gasteiger partial charge in [-0.1, -0.05) is 6.92 Å². The van der Waals surface area contributed by atoms with Gasteiger partial charge in [0.1, 0.15) is 0 Å². The second-order valence-corrected chi connectivity index (χ2v) is 4.09. The number of likely N-dealkylation sites (tertiary alicyclic amines) is 1. The molecule has 1 aliphatic heterocycles. The molecule has 0 amide bonds. The van der Waals surface area contributed by atoms with Crippen LogP contribution in [0.3, 0.4) is 0 Å². The molecule has 14 heavy (non-hydrogen) atoms. The number of nitrogens with zero attached hydrogens (tertiary/aromatic N) is 3. The topological polar surface area (TPSA) is 21.1 Å². The number of hydrogen-bond acceptors (Lipinski definition) is 2. The van der Waals surface area contributed by atoms with Crippen LogP contribution in [0.2, 0.25) is 0 Å². The van der Waals surface area contributed by atoms with E-state index in [1.165, 1.54) is 37.3 Å². The fourth-order valence-corrected chi connectivity index (χ4v) is 2.06. The van der Waals surface area contributed by atoms with Crippen LogP contribution in [0.15, 0.2) is 6.07 Å². The molecule has 1 aliphatic rings. The first-order chi connectivity index (χ1) is 6.79. The van der Waals surface area contributed by atoms with Crippen molar-refractivity contribution in [3.05, 3.63) is 17.5 Å². The first kappa shape index (κ1) is 9.71. The summed E-state index contributed by atoms with van der Waals surface area (Å²) in [6.45, 7) is 5.74. The van der Waals surface area contributed by atoms with Gasteiger partial charge in [-0.05, 0) is 38.4 Å². The van der Waals surface area contributed by atoms with Gasteiger partial charge < -0.3 is 0 Å². The van der Waals surface area contributed by atoms with Crippen LogP contribution in [0.1, 0.15) is 31.2 Å². The standard InChI is InChI=1S/C11H19N3/c1-3-10-8-11(13(2)12-10)9-14-6-4-5-7-14/h8H,3-7,9H2,1-2H3. The molecule has 1 fully saturated rings. The van der Waals surface area contributed by atoms with Crippen LogP contribution in [-0.2, 0) is 20.0 Å². The molecule has 0 saturated carbocycles. The highest BCUT2D eigenvalue weighted by Gasteiger charge is 2.13. The van der Waals surface area contributed by atoms with E-state index in [1.54, 1.807) is 0 Å². The number of aromatic nitrogens is 2. The highest BCUT2D eigenvalue weighted by molar-refractivity contribution is 5.10. The third-order valence-electron chi connectivity index (χ3n) is 2.97. The van der Waals surface area contributed by atoms with E-state index in [9.17, 15) is 0 Å². The van der Waals surface area contributed by atoms with E-state index >= 15 is 0 Å². The predicted octanol–water partition coefficient (Wildman–Crippen LogP) is 1.58. The van der Waals surface area contributed by atoms with Gasteiger partial charge in [-0.25, -0.2) is 0 Å². The maximum absolute atomic E-state index is 4.46. The van der Waals surface area contributed by atoms with Crippen molar-refractivity contribution in [2.24, 2.45) is 7.05 Å². The SMILES string of the molecule is CCc1cc(CN2CCCC2)n(C)n1. The zero-order chi connectivity index (χ0) is 9.97. The van der Waals surface area contributed by atoms with Gasteiger partial charge in [0.15, 0.2) is 0 Å². The molecule has 3 heteroatoms. The first-order valence-corrected chi connectivity index (χ1v) is 5.53. The molecule has 0 aromatic carbocycles. The Hall–Kier alpha value is -0.830. The Bertz CT molecular complexity index is 297. The normalized spacial score (nSPS) is 17.9. The molecule has 0 radical (unpaired) electrons. The summed E-state index contributed by atoms with van der Waals surface area (Å²) in [4.78, 5) is 2.51. The van der Waals surface area contributed by atoms with Gasteiger partial charge in [0, 0.05) is 13.6 Å². The molecule has 2 heterocycles. The van der Waals surface area contributed by atoms with E-state index in [0.29, 0.717) is 0 Å². The Kier molecular flexibility index (Phi) is 2.87. The maximum atomic E-state index is 4.46. The number of aryl methyl sites for hydroxylation is 2.